The zero-order chi connectivity index (χ0) is 11.3. The molecule has 0 fully saturated rings. The Morgan fingerprint density at radius 1 is 1.33 bits per heavy atom. The summed E-state index contributed by atoms with van der Waals surface area (Å²) in [6.07, 6.45) is 0. The van der Waals surface area contributed by atoms with Gasteiger partial charge in [0.25, 0.3) is 0 Å². The molecule has 5 nitrogen and oxygen atoms in total. The monoisotopic (exact) mass is 211 g/mol. The van der Waals surface area contributed by atoms with E-state index in [0.717, 1.165) is 5.69 Å². The summed E-state index contributed by atoms with van der Waals surface area (Å²) in [5.41, 5.74) is 6.47. The number of nitrogens with two attached hydrogens (primary N) is 1. The maximum absolute atomic E-state index is 5.68. The van der Waals surface area contributed by atoms with E-state index in [4.69, 9.17) is 15.2 Å². The van der Waals surface area contributed by atoms with Crippen LogP contribution in [-0.2, 0) is 16.1 Å². The third-order valence-electron chi connectivity index (χ3n) is 1.97. The fourth-order valence-electron chi connectivity index (χ4n) is 1.31. The number of hydrogen-bond acceptors (Lipinski definition) is 5. The Labute approximate surface area is 89.6 Å². The van der Waals surface area contributed by atoms with Gasteiger partial charge in [-0.05, 0) is 0 Å². The molecule has 1 aromatic heterocycles. The van der Waals surface area contributed by atoms with Crippen LogP contribution in [0.25, 0.3) is 0 Å². The van der Waals surface area contributed by atoms with Gasteiger partial charge in [0.05, 0.1) is 18.9 Å². The Morgan fingerprint density at radius 2 is 2.07 bits per heavy atom. The molecular weight excluding hydrogens is 194 g/mol. The molecule has 0 aromatic carbocycles. The molecule has 1 heterocycles. The second-order valence-corrected chi connectivity index (χ2v) is 3.43. The van der Waals surface area contributed by atoms with Gasteiger partial charge in [-0.1, -0.05) is 6.92 Å². The van der Waals surface area contributed by atoms with Crippen molar-refractivity contribution in [1.29, 1.82) is 0 Å². The summed E-state index contributed by atoms with van der Waals surface area (Å²) in [4.78, 5) is 8.51. The number of aromatic nitrogens is 2. The van der Waals surface area contributed by atoms with Crippen LogP contribution in [0.3, 0.4) is 0 Å². The van der Waals surface area contributed by atoms with Crippen molar-refractivity contribution in [2.24, 2.45) is 0 Å². The molecule has 1 unspecified atom stereocenters. The number of hydrogen-bond donors (Lipinski definition) is 1. The highest BCUT2D eigenvalue weighted by atomic mass is 16.5. The summed E-state index contributed by atoms with van der Waals surface area (Å²) in [6, 6.07) is 1.71. The molecule has 2 N–H and O–H groups in total. The quantitative estimate of drug-likeness (QED) is 0.785. The van der Waals surface area contributed by atoms with E-state index in [1.54, 1.807) is 20.3 Å². The van der Waals surface area contributed by atoms with Gasteiger partial charge in [0.2, 0.25) is 0 Å². The molecule has 0 saturated heterocycles. The maximum atomic E-state index is 5.68. The fourth-order valence-corrected chi connectivity index (χ4v) is 1.31. The molecular formula is C10H17N3O2. The largest absolute Gasteiger partial charge is 0.384 e. The lowest BCUT2D eigenvalue weighted by Crippen LogP contribution is -2.10. The van der Waals surface area contributed by atoms with E-state index < -0.39 is 0 Å². The average Bonchev–Trinajstić information content (AvgIpc) is 2.17. The van der Waals surface area contributed by atoms with E-state index >= 15 is 0 Å². The Kier molecular flexibility index (Phi) is 4.45. The molecule has 0 bridgehead atoms. The highest BCUT2D eigenvalue weighted by molar-refractivity contribution is 5.30. The first-order valence-corrected chi connectivity index (χ1v) is 4.78. The minimum atomic E-state index is 0.133. The molecule has 0 aliphatic carbocycles. The van der Waals surface area contributed by atoms with Crippen molar-refractivity contribution in [1.82, 2.24) is 9.97 Å². The van der Waals surface area contributed by atoms with Crippen LogP contribution in [0.5, 0.6) is 0 Å². The Bertz CT molecular complexity index is 318. The van der Waals surface area contributed by atoms with Crippen molar-refractivity contribution < 1.29 is 9.47 Å². The summed E-state index contributed by atoms with van der Waals surface area (Å²) in [6.45, 7) is 3.02. The van der Waals surface area contributed by atoms with Gasteiger partial charge in [0.1, 0.15) is 11.6 Å². The van der Waals surface area contributed by atoms with E-state index in [0.29, 0.717) is 24.9 Å². The number of nitrogens with zero attached hydrogens (tertiary/aromatic N) is 2. The first-order chi connectivity index (χ1) is 7.17. The minimum absolute atomic E-state index is 0.133. The van der Waals surface area contributed by atoms with Crippen molar-refractivity contribution >= 4 is 5.82 Å². The lowest BCUT2D eigenvalue weighted by molar-refractivity contribution is 0.176. The van der Waals surface area contributed by atoms with Crippen molar-refractivity contribution in [3.63, 3.8) is 0 Å². The van der Waals surface area contributed by atoms with Crippen LogP contribution in [0.15, 0.2) is 6.07 Å². The molecule has 15 heavy (non-hydrogen) atoms. The zero-order valence-electron chi connectivity index (χ0n) is 9.36. The Morgan fingerprint density at radius 3 is 2.67 bits per heavy atom. The second-order valence-electron chi connectivity index (χ2n) is 3.43. The van der Waals surface area contributed by atoms with Crippen LogP contribution in [0.1, 0.15) is 24.4 Å². The van der Waals surface area contributed by atoms with Crippen LogP contribution in [0.2, 0.25) is 0 Å². The van der Waals surface area contributed by atoms with Gasteiger partial charge in [-0.2, -0.15) is 0 Å². The molecule has 84 valence electrons. The Hall–Kier alpha value is -1.20. The summed E-state index contributed by atoms with van der Waals surface area (Å²) < 4.78 is 10.0. The third-order valence-corrected chi connectivity index (χ3v) is 1.97. The molecule has 0 amide bonds. The van der Waals surface area contributed by atoms with E-state index in [2.05, 4.69) is 9.97 Å². The second kappa shape index (κ2) is 5.63. The number of rotatable bonds is 5. The molecule has 0 aliphatic rings. The predicted molar refractivity (Wildman–Crippen MR) is 57.4 cm³/mol. The molecule has 0 aliphatic heterocycles. The van der Waals surface area contributed by atoms with E-state index in [1.807, 2.05) is 6.92 Å². The smallest absolute Gasteiger partial charge is 0.136 e. The topological polar surface area (TPSA) is 70.3 Å². The molecule has 1 aromatic rings. The van der Waals surface area contributed by atoms with Gasteiger partial charge < -0.3 is 15.2 Å². The number of nitrogen functional groups attached to an aromatic ring is 1. The van der Waals surface area contributed by atoms with Crippen molar-refractivity contribution in [3.05, 3.63) is 17.6 Å². The molecule has 0 radical (unpaired) electrons. The van der Waals surface area contributed by atoms with Crippen molar-refractivity contribution in [2.75, 3.05) is 26.6 Å². The highest BCUT2D eigenvalue weighted by Gasteiger charge is 2.10. The van der Waals surface area contributed by atoms with Crippen LogP contribution in [0, 0.1) is 0 Å². The lowest BCUT2D eigenvalue weighted by atomic mass is 10.2. The highest BCUT2D eigenvalue weighted by Crippen LogP contribution is 2.13. The van der Waals surface area contributed by atoms with Crippen LogP contribution >= 0.6 is 0 Å². The predicted octanol–water partition coefficient (Wildman–Crippen LogP) is 0.955. The Balaban J connectivity index is 2.87. The molecule has 1 atom stereocenters. The fraction of sp³-hybridized carbons (Fsp3) is 0.600. The van der Waals surface area contributed by atoms with E-state index in [9.17, 15) is 0 Å². The van der Waals surface area contributed by atoms with Gasteiger partial charge in [0.15, 0.2) is 0 Å². The third kappa shape index (κ3) is 3.45. The summed E-state index contributed by atoms with van der Waals surface area (Å²) in [5, 5.41) is 0. The summed E-state index contributed by atoms with van der Waals surface area (Å²) in [5.74, 6) is 1.30. The van der Waals surface area contributed by atoms with Crippen molar-refractivity contribution in [3.8, 4) is 0 Å². The average molecular weight is 211 g/mol. The molecule has 0 spiro atoms. The molecule has 5 heteroatoms. The lowest BCUT2D eigenvalue weighted by Gasteiger charge is -2.10. The van der Waals surface area contributed by atoms with Gasteiger partial charge >= 0.3 is 0 Å². The van der Waals surface area contributed by atoms with E-state index in [-0.39, 0.29) is 5.92 Å². The van der Waals surface area contributed by atoms with E-state index in [1.165, 1.54) is 0 Å². The maximum Gasteiger partial charge on any atom is 0.136 e. The van der Waals surface area contributed by atoms with Crippen LogP contribution in [-0.4, -0.2) is 30.8 Å². The molecule has 0 saturated carbocycles. The van der Waals surface area contributed by atoms with Crippen LogP contribution < -0.4 is 5.73 Å². The molecule has 1 rings (SSSR count). The summed E-state index contributed by atoms with van der Waals surface area (Å²) >= 11 is 0. The first kappa shape index (κ1) is 11.9. The van der Waals surface area contributed by atoms with Crippen LogP contribution in [0.4, 0.5) is 5.82 Å². The first-order valence-electron chi connectivity index (χ1n) is 4.78. The van der Waals surface area contributed by atoms with Gasteiger partial charge in [-0.3, -0.25) is 0 Å². The number of anilines is 1. The SMILES string of the molecule is COCc1cc(N)nc(C(C)COC)n1. The minimum Gasteiger partial charge on any atom is -0.384 e. The van der Waals surface area contributed by atoms with Gasteiger partial charge in [0, 0.05) is 26.2 Å². The summed E-state index contributed by atoms with van der Waals surface area (Å²) in [7, 11) is 3.27. The van der Waals surface area contributed by atoms with Crippen molar-refractivity contribution in [2.45, 2.75) is 19.4 Å². The van der Waals surface area contributed by atoms with Gasteiger partial charge in [-0.15, -0.1) is 0 Å². The standard InChI is InChI=1S/C10H17N3O2/c1-7(5-14-2)10-12-8(6-15-3)4-9(11)13-10/h4,7H,5-6H2,1-3H3,(H2,11,12,13). The zero-order valence-corrected chi connectivity index (χ0v) is 9.36. The van der Waals surface area contributed by atoms with Gasteiger partial charge in [-0.25, -0.2) is 9.97 Å². The number of ether oxygens (including phenoxy) is 2. The normalized spacial score (nSPS) is 12.7. The number of methoxy groups -OCH3 is 2.